The number of hydrogen-bond donors (Lipinski definition) is 1. The zero-order valence-corrected chi connectivity index (χ0v) is 11.7. The Kier molecular flexibility index (Phi) is 4.52. The van der Waals surface area contributed by atoms with Crippen molar-refractivity contribution >= 4 is 11.7 Å². The van der Waals surface area contributed by atoms with Crippen molar-refractivity contribution in [3.63, 3.8) is 0 Å². The summed E-state index contributed by atoms with van der Waals surface area (Å²) in [5.41, 5.74) is -0.0287. The Morgan fingerprint density at radius 3 is 2.86 bits per heavy atom. The average Bonchev–Trinajstić information content (AvgIpc) is 2.37. The number of rotatable bonds is 4. The van der Waals surface area contributed by atoms with Gasteiger partial charge in [0.05, 0.1) is 4.92 Å². The van der Waals surface area contributed by atoms with Crippen LogP contribution in [0.3, 0.4) is 0 Å². The fourth-order valence-electron chi connectivity index (χ4n) is 2.88. The lowest BCUT2D eigenvalue weighted by Crippen LogP contribution is -2.48. The second-order valence-electron chi connectivity index (χ2n) is 5.42. The minimum absolute atomic E-state index is 0.0270. The smallest absolute Gasteiger partial charge is 0.321 e. The van der Waals surface area contributed by atoms with E-state index in [1.807, 2.05) is 6.92 Å². The molecule has 0 aliphatic carbocycles. The van der Waals surface area contributed by atoms with E-state index >= 15 is 0 Å². The molecule has 0 radical (unpaired) electrons. The summed E-state index contributed by atoms with van der Waals surface area (Å²) in [6.07, 6.45) is 1.74. The van der Waals surface area contributed by atoms with Gasteiger partial charge in [-0.1, -0.05) is 13.0 Å². The SMILES string of the molecule is CC1CCCN(Cc2ccc([N+](=O)[O-])c(F)c2)C1C(=O)O. The minimum Gasteiger partial charge on any atom is -0.480 e. The third kappa shape index (κ3) is 3.36. The fourth-order valence-corrected chi connectivity index (χ4v) is 2.88. The summed E-state index contributed by atoms with van der Waals surface area (Å²) in [5, 5.41) is 19.9. The lowest BCUT2D eigenvalue weighted by molar-refractivity contribution is -0.387. The van der Waals surface area contributed by atoms with Gasteiger partial charge in [-0.2, -0.15) is 4.39 Å². The number of carboxylic acid groups (broad SMARTS) is 1. The van der Waals surface area contributed by atoms with E-state index in [9.17, 15) is 24.4 Å². The molecule has 0 amide bonds. The molecule has 2 unspecified atom stereocenters. The number of aliphatic carboxylic acids is 1. The molecule has 1 aliphatic heterocycles. The lowest BCUT2D eigenvalue weighted by Gasteiger charge is -2.37. The molecule has 1 saturated heterocycles. The zero-order chi connectivity index (χ0) is 15.6. The summed E-state index contributed by atoms with van der Waals surface area (Å²) in [5.74, 6) is -1.75. The minimum atomic E-state index is -0.894. The number of piperidine rings is 1. The van der Waals surface area contributed by atoms with Crippen molar-refractivity contribution in [3.05, 3.63) is 39.7 Å². The highest BCUT2D eigenvalue weighted by molar-refractivity contribution is 5.74. The first-order valence-electron chi connectivity index (χ1n) is 6.80. The molecule has 21 heavy (non-hydrogen) atoms. The second kappa shape index (κ2) is 6.17. The first kappa shape index (κ1) is 15.4. The monoisotopic (exact) mass is 296 g/mol. The van der Waals surface area contributed by atoms with Crippen molar-refractivity contribution in [1.29, 1.82) is 0 Å². The van der Waals surface area contributed by atoms with E-state index in [-0.39, 0.29) is 12.5 Å². The van der Waals surface area contributed by atoms with Gasteiger partial charge < -0.3 is 5.11 Å². The summed E-state index contributed by atoms with van der Waals surface area (Å²) in [6, 6.07) is 3.10. The van der Waals surface area contributed by atoms with Crippen LogP contribution in [0.5, 0.6) is 0 Å². The van der Waals surface area contributed by atoms with E-state index in [4.69, 9.17) is 0 Å². The molecule has 6 nitrogen and oxygen atoms in total. The molecule has 0 saturated carbocycles. The zero-order valence-electron chi connectivity index (χ0n) is 11.7. The van der Waals surface area contributed by atoms with E-state index in [0.29, 0.717) is 12.1 Å². The number of likely N-dealkylation sites (tertiary alicyclic amines) is 1. The van der Waals surface area contributed by atoms with Crippen molar-refractivity contribution < 1.29 is 19.2 Å². The van der Waals surface area contributed by atoms with Crippen LogP contribution in [0, 0.1) is 21.8 Å². The van der Waals surface area contributed by atoms with Gasteiger partial charge in [0.2, 0.25) is 5.82 Å². The van der Waals surface area contributed by atoms with E-state index in [0.717, 1.165) is 25.0 Å². The first-order chi connectivity index (χ1) is 9.90. The Balaban J connectivity index is 2.18. The highest BCUT2D eigenvalue weighted by Gasteiger charge is 2.34. The highest BCUT2D eigenvalue weighted by atomic mass is 19.1. The molecule has 0 aromatic heterocycles. The molecule has 1 aromatic carbocycles. The van der Waals surface area contributed by atoms with Crippen molar-refractivity contribution in [2.75, 3.05) is 6.54 Å². The first-order valence-corrected chi connectivity index (χ1v) is 6.80. The summed E-state index contributed by atoms with van der Waals surface area (Å²) < 4.78 is 13.6. The molecule has 2 atom stereocenters. The number of carbonyl (C=O) groups is 1. The van der Waals surface area contributed by atoms with Crippen LogP contribution in [-0.2, 0) is 11.3 Å². The Hall–Kier alpha value is -2.02. The van der Waals surface area contributed by atoms with Crippen molar-refractivity contribution in [3.8, 4) is 0 Å². The van der Waals surface area contributed by atoms with Crippen LogP contribution in [0.4, 0.5) is 10.1 Å². The summed E-state index contributed by atoms with van der Waals surface area (Å²) in [7, 11) is 0. The van der Waals surface area contributed by atoms with E-state index in [2.05, 4.69) is 0 Å². The molecule has 1 aromatic rings. The van der Waals surface area contributed by atoms with Gasteiger partial charge in [0.15, 0.2) is 0 Å². The maximum atomic E-state index is 13.6. The number of nitro benzene ring substituents is 1. The molecule has 7 heteroatoms. The molecule has 114 valence electrons. The van der Waals surface area contributed by atoms with Crippen LogP contribution in [0.1, 0.15) is 25.3 Å². The predicted octanol–water partition coefficient (Wildman–Crippen LogP) is 2.42. The molecule has 1 N–H and O–H groups in total. The van der Waals surface area contributed by atoms with Gasteiger partial charge >= 0.3 is 11.7 Å². The van der Waals surface area contributed by atoms with Crippen LogP contribution < -0.4 is 0 Å². The van der Waals surface area contributed by atoms with Gasteiger partial charge in [0.1, 0.15) is 6.04 Å². The summed E-state index contributed by atoms with van der Waals surface area (Å²) >= 11 is 0. The Bertz CT molecular complexity index is 564. The number of hydrogen-bond acceptors (Lipinski definition) is 4. The van der Waals surface area contributed by atoms with E-state index in [1.54, 1.807) is 4.90 Å². The normalized spacial score (nSPS) is 23.0. The lowest BCUT2D eigenvalue weighted by atomic mass is 9.90. The molecule has 2 rings (SSSR count). The van der Waals surface area contributed by atoms with Gasteiger partial charge in [-0.15, -0.1) is 0 Å². The Labute approximate surface area is 121 Å². The Morgan fingerprint density at radius 2 is 2.29 bits per heavy atom. The van der Waals surface area contributed by atoms with Crippen LogP contribution in [0.15, 0.2) is 18.2 Å². The van der Waals surface area contributed by atoms with Gasteiger partial charge in [0.25, 0.3) is 0 Å². The summed E-state index contributed by atoms with van der Waals surface area (Å²) in [4.78, 5) is 23.0. The number of nitrogens with zero attached hydrogens (tertiary/aromatic N) is 2. The predicted molar refractivity (Wildman–Crippen MR) is 73.3 cm³/mol. The van der Waals surface area contributed by atoms with Gasteiger partial charge in [-0.25, -0.2) is 0 Å². The number of halogens is 1. The maximum Gasteiger partial charge on any atom is 0.321 e. The molecule has 1 aliphatic rings. The van der Waals surface area contributed by atoms with Gasteiger partial charge in [-0.3, -0.25) is 19.8 Å². The molecule has 0 spiro atoms. The number of benzene rings is 1. The fraction of sp³-hybridized carbons (Fsp3) is 0.500. The van der Waals surface area contributed by atoms with Crippen molar-refractivity contribution in [2.45, 2.75) is 32.4 Å². The van der Waals surface area contributed by atoms with E-state index < -0.39 is 28.4 Å². The summed E-state index contributed by atoms with van der Waals surface area (Å²) in [6.45, 7) is 2.79. The quantitative estimate of drug-likeness (QED) is 0.681. The van der Waals surface area contributed by atoms with Crippen molar-refractivity contribution in [2.24, 2.45) is 5.92 Å². The highest BCUT2D eigenvalue weighted by Crippen LogP contribution is 2.26. The van der Waals surface area contributed by atoms with Crippen LogP contribution in [0.2, 0.25) is 0 Å². The van der Waals surface area contributed by atoms with Crippen molar-refractivity contribution in [1.82, 2.24) is 4.90 Å². The molecular formula is C14H17FN2O4. The largest absolute Gasteiger partial charge is 0.480 e. The third-order valence-electron chi connectivity index (χ3n) is 3.88. The average molecular weight is 296 g/mol. The Morgan fingerprint density at radius 1 is 1.57 bits per heavy atom. The topological polar surface area (TPSA) is 83.7 Å². The number of carboxylic acids is 1. The van der Waals surface area contributed by atoms with Crippen LogP contribution >= 0.6 is 0 Å². The van der Waals surface area contributed by atoms with E-state index in [1.165, 1.54) is 6.07 Å². The van der Waals surface area contributed by atoms with Gasteiger partial charge in [0, 0.05) is 12.6 Å². The number of nitro groups is 1. The standard InChI is InChI=1S/C14H17FN2O4/c1-9-3-2-6-16(13(9)14(18)19)8-10-4-5-12(17(20)21)11(15)7-10/h4-5,7,9,13H,2-3,6,8H2,1H3,(H,18,19). The van der Waals surface area contributed by atoms with Gasteiger partial charge in [-0.05, 0) is 36.9 Å². The van der Waals surface area contributed by atoms with Crippen LogP contribution in [0.25, 0.3) is 0 Å². The third-order valence-corrected chi connectivity index (χ3v) is 3.88. The van der Waals surface area contributed by atoms with Crippen LogP contribution in [-0.4, -0.2) is 33.5 Å². The second-order valence-corrected chi connectivity index (χ2v) is 5.42. The molecule has 1 heterocycles. The molecular weight excluding hydrogens is 279 g/mol. The maximum absolute atomic E-state index is 13.6. The molecule has 1 fully saturated rings. The molecule has 0 bridgehead atoms.